The molecule has 0 atom stereocenters. The van der Waals surface area contributed by atoms with Gasteiger partial charge in [0.1, 0.15) is 5.78 Å². The van der Waals surface area contributed by atoms with Crippen molar-refractivity contribution in [3.05, 3.63) is 42.6 Å². The van der Waals surface area contributed by atoms with Crippen molar-refractivity contribution >= 4 is 23.2 Å². The van der Waals surface area contributed by atoms with E-state index in [9.17, 15) is 4.79 Å². The second-order valence-corrected chi connectivity index (χ2v) is 4.76. The molecule has 88 valence electrons. The Bertz CT molecular complexity index is 534. The molecule has 2 aromatic rings. The number of carbonyl (C=O) groups excluding carboxylic acids is 1. The number of nitrogens with two attached hydrogens (primary N) is 1. The average Bonchev–Trinajstić information content (AvgIpc) is 2.75. The Labute approximate surface area is 105 Å². The maximum absolute atomic E-state index is 11.0. The summed E-state index contributed by atoms with van der Waals surface area (Å²) in [7, 11) is 0. The summed E-state index contributed by atoms with van der Waals surface area (Å²) < 4.78 is 2.00. The number of carbonyl (C=O) groups is 1. The molecule has 2 rings (SSSR count). The van der Waals surface area contributed by atoms with Crippen LogP contribution in [0.5, 0.6) is 0 Å². The lowest BCUT2D eigenvalue weighted by Crippen LogP contribution is -2.01. The average molecular weight is 246 g/mol. The SMILES string of the molecule is CC(=O)CSc1cccn1-c1ccccc1N. The molecule has 1 heterocycles. The van der Waals surface area contributed by atoms with Crippen LogP contribution in [0.4, 0.5) is 5.69 Å². The Morgan fingerprint density at radius 3 is 2.76 bits per heavy atom. The van der Waals surface area contributed by atoms with E-state index in [4.69, 9.17) is 5.73 Å². The number of nitrogens with zero attached hydrogens (tertiary/aromatic N) is 1. The number of benzene rings is 1. The monoisotopic (exact) mass is 246 g/mol. The lowest BCUT2D eigenvalue weighted by molar-refractivity contribution is -0.114. The van der Waals surface area contributed by atoms with Crippen LogP contribution in [0.2, 0.25) is 0 Å². The van der Waals surface area contributed by atoms with Gasteiger partial charge in [-0.1, -0.05) is 12.1 Å². The molecule has 0 bridgehead atoms. The molecule has 0 radical (unpaired) electrons. The molecular weight excluding hydrogens is 232 g/mol. The van der Waals surface area contributed by atoms with E-state index in [-0.39, 0.29) is 5.78 Å². The van der Waals surface area contributed by atoms with Crippen molar-refractivity contribution in [2.45, 2.75) is 11.9 Å². The molecule has 0 fully saturated rings. The number of Topliss-reactive ketones (excluding diaryl/α,β-unsaturated/α-hetero) is 1. The molecule has 0 amide bonds. The predicted molar refractivity (Wildman–Crippen MR) is 71.6 cm³/mol. The molecule has 2 N–H and O–H groups in total. The first-order valence-corrected chi connectivity index (χ1v) is 6.31. The molecule has 1 aromatic heterocycles. The summed E-state index contributed by atoms with van der Waals surface area (Å²) in [6, 6.07) is 11.6. The first-order valence-electron chi connectivity index (χ1n) is 5.33. The van der Waals surface area contributed by atoms with Crippen LogP contribution in [0.3, 0.4) is 0 Å². The highest BCUT2D eigenvalue weighted by atomic mass is 32.2. The summed E-state index contributed by atoms with van der Waals surface area (Å²) in [4.78, 5) is 11.0. The third-order valence-corrected chi connectivity index (χ3v) is 3.51. The number of thioether (sulfide) groups is 1. The molecule has 0 spiro atoms. The lowest BCUT2D eigenvalue weighted by atomic mass is 10.3. The van der Waals surface area contributed by atoms with E-state index in [1.54, 1.807) is 6.92 Å². The second-order valence-electron chi connectivity index (χ2n) is 3.77. The van der Waals surface area contributed by atoms with Crippen molar-refractivity contribution in [3.8, 4) is 5.69 Å². The molecule has 0 aliphatic carbocycles. The third kappa shape index (κ3) is 2.71. The number of aromatic nitrogens is 1. The Hall–Kier alpha value is -1.68. The molecule has 3 nitrogen and oxygen atoms in total. The number of rotatable bonds is 4. The molecule has 1 aromatic carbocycles. The first-order chi connectivity index (χ1) is 8.18. The summed E-state index contributed by atoms with van der Waals surface area (Å²) in [6.07, 6.45) is 1.95. The maximum Gasteiger partial charge on any atom is 0.140 e. The number of nitrogen functional groups attached to an aromatic ring is 1. The summed E-state index contributed by atoms with van der Waals surface area (Å²) in [6.45, 7) is 1.59. The van der Waals surface area contributed by atoms with Gasteiger partial charge in [-0.05, 0) is 31.2 Å². The van der Waals surface area contributed by atoms with Crippen LogP contribution in [-0.2, 0) is 4.79 Å². The zero-order valence-electron chi connectivity index (χ0n) is 9.59. The van der Waals surface area contributed by atoms with Crippen LogP contribution in [0.15, 0.2) is 47.6 Å². The van der Waals surface area contributed by atoms with Crippen LogP contribution in [0.25, 0.3) is 5.69 Å². The highest BCUT2D eigenvalue weighted by Gasteiger charge is 2.07. The fourth-order valence-electron chi connectivity index (χ4n) is 1.56. The van der Waals surface area contributed by atoms with Gasteiger partial charge in [-0.25, -0.2) is 0 Å². The fourth-order valence-corrected chi connectivity index (χ4v) is 2.39. The number of anilines is 1. The summed E-state index contributed by atoms with van der Waals surface area (Å²) in [5, 5.41) is 1.03. The summed E-state index contributed by atoms with van der Waals surface area (Å²) in [5.74, 6) is 0.653. The van der Waals surface area contributed by atoms with Gasteiger partial charge in [-0.2, -0.15) is 0 Å². The molecule has 0 saturated carbocycles. The van der Waals surface area contributed by atoms with Crippen LogP contribution in [0.1, 0.15) is 6.92 Å². The van der Waals surface area contributed by atoms with Crippen LogP contribution in [0, 0.1) is 0 Å². The summed E-state index contributed by atoms with van der Waals surface area (Å²) >= 11 is 1.52. The normalized spacial score (nSPS) is 10.4. The van der Waals surface area contributed by atoms with Gasteiger partial charge in [0.2, 0.25) is 0 Å². The van der Waals surface area contributed by atoms with E-state index in [0.29, 0.717) is 5.75 Å². The van der Waals surface area contributed by atoms with Gasteiger partial charge in [0.25, 0.3) is 0 Å². The smallest absolute Gasteiger partial charge is 0.140 e. The third-order valence-electron chi connectivity index (χ3n) is 2.33. The van der Waals surface area contributed by atoms with Gasteiger partial charge < -0.3 is 10.3 Å². The quantitative estimate of drug-likeness (QED) is 0.666. The number of para-hydroxylation sites is 2. The number of ketones is 1. The number of hydrogen-bond donors (Lipinski definition) is 1. The van der Waals surface area contributed by atoms with E-state index >= 15 is 0 Å². The van der Waals surface area contributed by atoms with Gasteiger partial charge >= 0.3 is 0 Å². The van der Waals surface area contributed by atoms with Gasteiger partial charge in [0.15, 0.2) is 0 Å². The molecule has 0 unspecified atom stereocenters. The zero-order chi connectivity index (χ0) is 12.3. The Balaban J connectivity index is 2.31. The first kappa shape index (κ1) is 11.8. The van der Waals surface area contributed by atoms with Crippen molar-refractivity contribution < 1.29 is 4.79 Å². The Kier molecular flexibility index (Phi) is 3.54. The maximum atomic E-state index is 11.0. The van der Waals surface area contributed by atoms with E-state index < -0.39 is 0 Å². The van der Waals surface area contributed by atoms with Crippen LogP contribution in [-0.4, -0.2) is 16.1 Å². The van der Waals surface area contributed by atoms with Crippen molar-refractivity contribution in [1.82, 2.24) is 4.57 Å². The molecular formula is C13H14N2OS. The van der Waals surface area contributed by atoms with Gasteiger partial charge in [0.05, 0.1) is 22.2 Å². The summed E-state index contributed by atoms with van der Waals surface area (Å²) in [5.41, 5.74) is 7.62. The van der Waals surface area contributed by atoms with Crippen molar-refractivity contribution in [2.24, 2.45) is 0 Å². The van der Waals surface area contributed by atoms with Gasteiger partial charge in [0, 0.05) is 6.20 Å². The Morgan fingerprint density at radius 1 is 1.29 bits per heavy atom. The van der Waals surface area contributed by atoms with E-state index in [0.717, 1.165) is 16.4 Å². The highest BCUT2D eigenvalue weighted by molar-refractivity contribution is 7.99. The topological polar surface area (TPSA) is 48.0 Å². The van der Waals surface area contributed by atoms with Crippen LogP contribution >= 0.6 is 11.8 Å². The van der Waals surface area contributed by atoms with Crippen LogP contribution < -0.4 is 5.73 Å². The minimum atomic E-state index is 0.170. The minimum absolute atomic E-state index is 0.170. The molecule has 0 aliphatic heterocycles. The standard InChI is InChI=1S/C13H14N2OS/c1-10(16)9-17-13-7-4-8-15(13)12-6-3-2-5-11(12)14/h2-8H,9,14H2,1H3. The lowest BCUT2D eigenvalue weighted by Gasteiger charge is -2.10. The van der Waals surface area contributed by atoms with Crippen molar-refractivity contribution in [3.63, 3.8) is 0 Å². The predicted octanol–water partition coefficient (Wildman–Crippen LogP) is 2.74. The van der Waals surface area contributed by atoms with E-state index in [2.05, 4.69) is 0 Å². The molecule has 0 aliphatic rings. The molecule has 0 saturated heterocycles. The molecule has 17 heavy (non-hydrogen) atoms. The molecule has 4 heteroatoms. The zero-order valence-corrected chi connectivity index (χ0v) is 10.4. The highest BCUT2D eigenvalue weighted by Crippen LogP contribution is 2.25. The fraction of sp³-hybridized carbons (Fsp3) is 0.154. The van der Waals surface area contributed by atoms with Gasteiger partial charge in [-0.15, -0.1) is 11.8 Å². The second kappa shape index (κ2) is 5.10. The van der Waals surface area contributed by atoms with Gasteiger partial charge in [-0.3, -0.25) is 4.79 Å². The van der Waals surface area contributed by atoms with E-state index in [1.165, 1.54) is 11.8 Å². The van der Waals surface area contributed by atoms with E-state index in [1.807, 2.05) is 47.2 Å². The van der Waals surface area contributed by atoms with Crippen molar-refractivity contribution in [2.75, 3.05) is 11.5 Å². The minimum Gasteiger partial charge on any atom is -0.397 e. The Morgan fingerprint density at radius 2 is 2.06 bits per heavy atom. The largest absolute Gasteiger partial charge is 0.397 e. The number of hydrogen-bond acceptors (Lipinski definition) is 3. The van der Waals surface area contributed by atoms with Crippen molar-refractivity contribution in [1.29, 1.82) is 0 Å².